The van der Waals surface area contributed by atoms with Gasteiger partial charge in [0.05, 0.1) is 13.2 Å². The lowest BCUT2D eigenvalue weighted by molar-refractivity contribution is 0.0534. The summed E-state index contributed by atoms with van der Waals surface area (Å²) < 4.78 is 5.20. The van der Waals surface area contributed by atoms with E-state index in [0.29, 0.717) is 24.4 Å². The van der Waals surface area contributed by atoms with Gasteiger partial charge in [-0.2, -0.15) is 0 Å². The number of hydrogen-bond acceptors (Lipinski definition) is 4. The molecular formula is C16H20N4O2. The number of methoxy groups -OCH3 is 1. The van der Waals surface area contributed by atoms with Crippen LogP contribution in [0, 0.1) is 0 Å². The average Bonchev–Trinajstić information content (AvgIpc) is 3.09. The number of piperazine rings is 1. The molecule has 1 atom stereocenters. The predicted octanol–water partition coefficient (Wildman–Crippen LogP) is 1.55. The highest BCUT2D eigenvalue weighted by Gasteiger charge is 2.30. The van der Waals surface area contributed by atoms with E-state index in [9.17, 15) is 4.79 Å². The number of amides is 1. The minimum Gasteiger partial charge on any atom is -0.497 e. The van der Waals surface area contributed by atoms with Gasteiger partial charge < -0.3 is 14.6 Å². The Morgan fingerprint density at radius 2 is 2.27 bits per heavy atom. The van der Waals surface area contributed by atoms with Crippen LogP contribution in [0.1, 0.15) is 22.2 Å². The van der Waals surface area contributed by atoms with Gasteiger partial charge in [-0.15, -0.1) is 0 Å². The first-order valence-corrected chi connectivity index (χ1v) is 7.32. The zero-order valence-corrected chi connectivity index (χ0v) is 12.8. The maximum absolute atomic E-state index is 12.7. The van der Waals surface area contributed by atoms with Gasteiger partial charge in [0, 0.05) is 37.6 Å². The summed E-state index contributed by atoms with van der Waals surface area (Å²) in [6, 6.07) is 7.38. The number of benzene rings is 1. The van der Waals surface area contributed by atoms with E-state index in [1.54, 1.807) is 19.4 Å². The van der Waals surface area contributed by atoms with Crippen molar-refractivity contribution in [1.82, 2.24) is 19.8 Å². The topological polar surface area (TPSA) is 61.5 Å². The van der Waals surface area contributed by atoms with Gasteiger partial charge in [0.15, 0.2) is 0 Å². The third-order valence-corrected chi connectivity index (χ3v) is 4.09. The van der Waals surface area contributed by atoms with Crippen LogP contribution in [-0.2, 0) is 0 Å². The number of carbonyl (C=O) groups is 1. The number of imidazole rings is 1. The number of hydrogen-bond donors (Lipinski definition) is 1. The van der Waals surface area contributed by atoms with E-state index in [1.807, 2.05) is 29.3 Å². The number of H-pyrrole nitrogens is 1. The lowest BCUT2D eigenvalue weighted by Gasteiger charge is -2.38. The summed E-state index contributed by atoms with van der Waals surface area (Å²) in [4.78, 5) is 24.3. The summed E-state index contributed by atoms with van der Waals surface area (Å²) in [7, 11) is 3.66. The Balaban J connectivity index is 1.78. The molecule has 1 N–H and O–H groups in total. The second-order valence-electron chi connectivity index (χ2n) is 5.45. The SMILES string of the molecule is COc1cccc(C(=O)N2CCN(C)[C@@H](c3ncc[nH]3)C2)c1. The molecule has 0 unspecified atom stereocenters. The first-order chi connectivity index (χ1) is 10.7. The molecule has 0 bridgehead atoms. The van der Waals surface area contributed by atoms with Gasteiger partial charge in [0.25, 0.3) is 5.91 Å². The summed E-state index contributed by atoms with van der Waals surface area (Å²) >= 11 is 0. The number of ether oxygens (including phenoxy) is 1. The summed E-state index contributed by atoms with van der Waals surface area (Å²) in [6.07, 6.45) is 3.55. The monoisotopic (exact) mass is 300 g/mol. The van der Waals surface area contributed by atoms with Crippen LogP contribution in [-0.4, -0.2) is 59.5 Å². The summed E-state index contributed by atoms with van der Waals surface area (Å²) in [6.45, 7) is 2.16. The number of nitrogens with zero attached hydrogens (tertiary/aromatic N) is 3. The molecular weight excluding hydrogens is 280 g/mol. The smallest absolute Gasteiger partial charge is 0.254 e. The van der Waals surface area contributed by atoms with Gasteiger partial charge in [-0.05, 0) is 25.2 Å². The van der Waals surface area contributed by atoms with Crippen LogP contribution < -0.4 is 4.74 Å². The molecule has 1 aliphatic rings. The highest BCUT2D eigenvalue weighted by atomic mass is 16.5. The molecule has 1 aromatic carbocycles. The zero-order valence-electron chi connectivity index (χ0n) is 12.8. The van der Waals surface area contributed by atoms with Crippen LogP contribution in [0.5, 0.6) is 5.75 Å². The lowest BCUT2D eigenvalue weighted by atomic mass is 10.1. The number of aromatic amines is 1. The molecule has 0 saturated carbocycles. The van der Waals surface area contributed by atoms with Crippen molar-refractivity contribution in [2.45, 2.75) is 6.04 Å². The van der Waals surface area contributed by atoms with Crippen LogP contribution >= 0.6 is 0 Å². The van der Waals surface area contributed by atoms with Crippen LogP contribution in [0.2, 0.25) is 0 Å². The molecule has 2 aromatic rings. The molecule has 116 valence electrons. The Bertz CT molecular complexity index is 641. The van der Waals surface area contributed by atoms with E-state index < -0.39 is 0 Å². The molecule has 1 saturated heterocycles. The van der Waals surface area contributed by atoms with Gasteiger partial charge in [-0.3, -0.25) is 9.69 Å². The Morgan fingerprint density at radius 1 is 1.41 bits per heavy atom. The Kier molecular flexibility index (Phi) is 4.11. The quantitative estimate of drug-likeness (QED) is 0.934. The van der Waals surface area contributed by atoms with Crippen LogP contribution in [0.25, 0.3) is 0 Å². The fraction of sp³-hybridized carbons (Fsp3) is 0.375. The molecule has 1 amide bonds. The van der Waals surface area contributed by atoms with E-state index in [0.717, 1.165) is 12.4 Å². The molecule has 6 heteroatoms. The molecule has 1 aromatic heterocycles. The van der Waals surface area contributed by atoms with Gasteiger partial charge in [0.2, 0.25) is 0 Å². The highest BCUT2D eigenvalue weighted by Crippen LogP contribution is 2.23. The Labute approximate surface area is 129 Å². The first-order valence-electron chi connectivity index (χ1n) is 7.32. The number of carbonyl (C=O) groups excluding carboxylic acids is 1. The largest absolute Gasteiger partial charge is 0.497 e. The van der Waals surface area contributed by atoms with Gasteiger partial charge >= 0.3 is 0 Å². The van der Waals surface area contributed by atoms with Gasteiger partial charge in [-0.25, -0.2) is 4.98 Å². The van der Waals surface area contributed by atoms with Crippen molar-refractivity contribution < 1.29 is 9.53 Å². The standard InChI is InChI=1S/C16H20N4O2/c1-19-8-9-20(11-14(19)15-17-6-7-18-15)16(21)12-4-3-5-13(10-12)22-2/h3-7,10,14H,8-9,11H2,1-2H3,(H,17,18)/t14-/m1/s1. The van der Waals surface area contributed by atoms with Crippen molar-refractivity contribution in [3.63, 3.8) is 0 Å². The summed E-state index contributed by atoms with van der Waals surface area (Å²) in [5.74, 6) is 1.62. The van der Waals surface area contributed by atoms with Crippen molar-refractivity contribution in [2.24, 2.45) is 0 Å². The minimum atomic E-state index is 0.0311. The van der Waals surface area contributed by atoms with Crippen LogP contribution in [0.4, 0.5) is 0 Å². The normalized spacial score (nSPS) is 19.2. The van der Waals surface area contributed by atoms with E-state index in [-0.39, 0.29) is 11.9 Å². The summed E-state index contributed by atoms with van der Waals surface area (Å²) in [5.41, 5.74) is 0.655. The molecule has 0 radical (unpaired) electrons. The maximum atomic E-state index is 12.7. The summed E-state index contributed by atoms with van der Waals surface area (Å²) in [5, 5.41) is 0. The minimum absolute atomic E-state index is 0.0311. The predicted molar refractivity (Wildman–Crippen MR) is 82.9 cm³/mol. The maximum Gasteiger partial charge on any atom is 0.254 e. The fourth-order valence-electron chi connectivity index (χ4n) is 2.75. The third-order valence-electron chi connectivity index (χ3n) is 4.09. The highest BCUT2D eigenvalue weighted by molar-refractivity contribution is 5.94. The van der Waals surface area contributed by atoms with Crippen molar-refractivity contribution >= 4 is 5.91 Å². The van der Waals surface area contributed by atoms with Crippen LogP contribution in [0.15, 0.2) is 36.7 Å². The second-order valence-corrected chi connectivity index (χ2v) is 5.45. The fourth-order valence-corrected chi connectivity index (χ4v) is 2.75. The van der Waals surface area contributed by atoms with E-state index >= 15 is 0 Å². The Morgan fingerprint density at radius 3 is 3.00 bits per heavy atom. The molecule has 6 nitrogen and oxygen atoms in total. The van der Waals surface area contributed by atoms with Gasteiger partial charge in [0.1, 0.15) is 11.6 Å². The van der Waals surface area contributed by atoms with Crippen molar-refractivity contribution in [3.05, 3.63) is 48.0 Å². The molecule has 1 fully saturated rings. The average molecular weight is 300 g/mol. The molecule has 0 spiro atoms. The molecule has 22 heavy (non-hydrogen) atoms. The lowest BCUT2D eigenvalue weighted by Crippen LogP contribution is -2.49. The first kappa shape index (κ1) is 14.6. The van der Waals surface area contributed by atoms with E-state index in [1.165, 1.54) is 0 Å². The second kappa shape index (κ2) is 6.19. The molecule has 3 rings (SSSR count). The van der Waals surface area contributed by atoms with E-state index in [2.05, 4.69) is 21.9 Å². The van der Waals surface area contributed by atoms with Crippen molar-refractivity contribution in [3.8, 4) is 5.75 Å². The molecule has 0 aliphatic carbocycles. The van der Waals surface area contributed by atoms with Crippen molar-refractivity contribution in [1.29, 1.82) is 0 Å². The third kappa shape index (κ3) is 2.82. The number of aromatic nitrogens is 2. The van der Waals surface area contributed by atoms with Crippen LogP contribution in [0.3, 0.4) is 0 Å². The van der Waals surface area contributed by atoms with Crippen molar-refractivity contribution in [2.75, 3.05) is 33.8 Å². The Hall–Kier alpha value is -2.34. The number of nitrogens with one attached hydrogen (secondary N) is 1. The zero-order chi connectivity index (χ0) is 15.5. The van der Waals surface area contributed by atoms with Gasteiger partial charge in [-0.1, -0.05) is 6.07 Å². The van der Waals surface area contributed by atoms with E-state index in [4.69, 9.17) is 4.74 Å². The number of rotatable bonds is 3. The molecule has 1 aliphatic heterocycles. The number of likely N-dealkylation sites (N-methyl/N-ethyl adjacent to an activating group) is 1. The molecule has 2 heterocycles.